The van der Waals surface area contributed by atoms with Gasteiger partial charge in [-0.2, -0.15) is 0 Å². The molecule has 0 atom stereocenters. The number of rotatable bonds is 4. The maximum Gasteiger partial charge on any atom is 0.0154 e. The minimum Gasteiger partial charge on any atom is -0.0899 e. The Balaban J connectivity index is 2.86. The summed E-state index contributed by atoms with van der Waals surface area (Å²) in [7, 11) is 0. The highest BCUT2D eigenvalue weighted by Crippen LogP contribution is 2.39. The van der Waals surface area contributed by atoms with Crippen molar-refractivity contribution in [2.75, 3.05) is 0 Å². The first-order valence-electron chi connectivity index (χ1n) is 6.29. The molecular formula is C16H22S. The van der Waals surface area contributed by atoms with Gasteiger partial charge in [0.2, 0.25) is 0 Å². The van der Waals surface area contributed by atoms with Gasteiger partial charge in [0.1, 0.15) is 0 Å². The second-order valence-electron chi connectivity index (χ2n) is 3.89. The summed E-state index contributed by atoms with van der Waals surface area (Å²) in [5.41, 5.74) is 2.78. The first kappa shape index (κ1) is 14.1. The number of thioether (sulfide) groups is 1. The standard InChI is InChI=1S/C16H22S/c1-5-10-14(8-4)16-12-9-11-15(17-16)13(6-2)7-3/h5-6,8,10-12H,7,9H2,1-4H3. The third-order valence-corrected chi connectivity index (χ3v) is 4.09. The predicted octanol–water partition coefficient (Wildman–Crippen LogP) is 5.77. The molecule has 0 aliphatic carbocycles. The molecule has 1 heteroatoms. The molecule has 17 heavy (non-hydrogen) atoms. The van der Waals surface area contributed by atoms with Gasteiger partial charge in [-0.25, -0.2) is 0 Å². The van der Waals surface area contributed by atoms with E-state index < -0.39 is 0 Å². The normalized spacial score (nSPS) is 18.4. The third kappa shape index (κ3) is 3.78. The topological polar surface area (TPSA) is 0 Å². The fraction of sp³-hybridized carbons (Fsp3) is 0.375. The first-order chi connectivity index (χ1) is 8.26. The number of hydrogen-bond donors (Lipinski definition) is 0. The second-order valence-corrected chi connectivity index (χ2v) is 4.97. The largest absolute Gasteiger partial charge is 0.0899 e. The van der Waals surface area contributed by atoms with Crippen LogP contribution in [0, 0.1) is 0 Å². The Kier molecular flexibility index (Phi) is 6.13. The van der Waals surface area contributed by atoms with Gasteiger partial charge in [-0.3, -0.25) is 0 Å². The summed E-state index contributed by atoms with van der Waals surface area (Å²) in [6, 6.07) is 0. The molecule has 1 aliphatic rings. The van der Waals surface area contributed by atoms with Gasteiger partial charge in [-0.1, -0.05) is 55.1 Å². The van der Waals surface area contributed by atoms with E-state index >= 15 is 0 Å². The Morgan fingerprint density at radius 1 is 1.18 bits per heavy atom. The highest BCUT2D eigenvalue weighted by Gasteiger charge is 2.12. The van der Waals surface area contributed by atoms with E-state index in [1.165, 1.54) is 21.0 Å². The molecule has 0 saturated heterocycles. The average molecular weight is 246 g/mol. The van der Waals surface area contributed by atoms with E-state index in [2.05, 4.69) is 64.2 Å². The van der Waals surface area contributed by atoms with E-state index in [4.69, 9.17) is 0 Å². The molecule has 0 unspecified atom stereocenters. The van der Waals surface area contributed by atoms with Gasteiger partial charge in [0.05, 0.1) is 0 Å². The zero-order chi connectivity index (χ0) is 12.7. The monoisotopic (exact) mass is 246 g/mol. The van der Waals surface area contributed by atoms with Crippen LogP contribution in [0.1, 0.15) is 40.5 Å². The van der Waals surface area contributed by atoms with Crippen molar-refractivity contribution in [2.24, 2.45) is 0 Å². The van der Waals surface area contributed by atoms with Gasteiger partial charge in [-0.05, 0) is 44.8 Å². The van der Waals surface area contributed by atoms with Crippen LogP contribution in [-0.2, 0) is 0 Å². The second kappa shape index (κ2) is 7.39. The van der Waals surface area contributed by atoms with Gasteiger partial charge >= 0.3 is 0 Å². The lowest BCUT2D eigenvalue weighted by Gasteiger charge is -2.17. The summed E-state index contributed by atoms with van der Waals surface area (Å²) < 4.78 is 0. The van der Waals surface area contributed by atoms with Crippen molar-refractivity contribution < 1.29 is 0 Å². The summed E-state index contributed by atoms with van der Waals surface area (Å²) >= 11 is 1.90. The number of allylic oxidation sites excluding steroid dienone is 8. The molecule has 0 bridgehead atoms. The van der Waals surface area contributed by atoms with Crippen molar-refractivity contribution in [1.29, 1.82) is 0 Å². The quantitative estimate of drug-likeness (QED) is 0.567. The molecule has 0 amide bonds. The molecule has 92 valence electrons. The highest BCUT2D eigenvalue weighted by atomic mass is 32.2. The zero-order valence-corrected chi connectivity index (χ0v) is 12.1. The van der Waals surface area contributed by atoms with Crippen LogP contribution in [0.4, 0.5) is 0 Å². The van der Waals surface area contributed by atoms with E-state index in [9.17, 15) is 0 Å². The third-order valence-electron chi connectivity index (χ3n) is 2.81. The molecule has 1 rings (SSSR count). The molecule has 0 nitrogen and oxygen atoms in total. The van der Waals surface area contributed by atoms with Crippen LogP contribution in [0.5, 0.6) is 0 Å². The number of hydrogen-bond acceptors (Lipinski definition) is 1. The Labute approximate surface area is 110 Å². The SMILES string of the molecule is CC=CC(=CC)C1=CCC=C(C(=CC)CC)S1. The lowest BCUT2D eigenvalue weighted by molar-refractivity contribution is 1.12. The first-order valence-corrected chi connectivity index (χ1v) is 7.11. The van der Waals surface area contributed by atoms with Crippen LogP contribution in [-0.4, -0.2) is 0 Å². The Bertz CT molecular complexity index is 403. The Hall–Kier alpha value is -0.950. The molecule has 0 N–H and O–H groups in total. The van der Waals surface area contributed by atoms with Gasteiger partial charge in [0.15, 0.2) is 0 Å². The Morgan fingerprint density at radius 3 is 2.41 bits per heavy atom. The summed E-state index contributed by atoms with van der Waals surface area (Å²) in [5, 5.41) is 0. The molecular weight excluding hydrogens is 224 g/mol. The van der Waals surface area contributed by atoms with Crippen LogP contribution in [0.2, 0.25) is 0 Å². The van der Waals surface area contributed by atoms with Crippen molar-refractivity contribution in [3.8, 4) is 0 Å². The maximum atomic E-state index is 2.33. The molecule has 1 aliphatic heterocycles. The minimum absolute atomic E-state index is 1.05. The molecule has 0 aromatic heterocycles. The van der Waals surface area contributed by atoms with Crippen LogP contribution in [0.15, 0.2) is 57.4 Å². The van der Waals surface area contributed by atoms with Gasteiger partial charge in [0.25, 0.3) is 0 Å². The van der Waals surface area contributed by atoms with Crippen molar-refractivity contribution in [2.45, 2.75) is 40.5 Å². The fourth-order valence-corrected chi connectivity index (χ4v) is 3.16. The van der Waals surface area contributed by atoms with Crippen LogP contribution in [0.25, 0.3) is 0 Å². The van der Waals surface area contributed by atoms with Gasteiger partial charge < -0.3 is 0 Å². The summed E-state index contributed by atoms with van der Waals surface area (Å²) in [6.45, 7) is 8.51. The van der Waals surface area contributed by atoms with Gasteiger partial charge in [-0.15, -0.1) is 0 Å². The van der Waals surface area contributed by atoms with E-state index in [1.807, 2.05) is 11.8 Å². The lowest BCUT2D eigenvalue weighted by atomic mass is 10.1. The van der Waals surface area contributed by atoms with E-state index in [0.29, 0.717) is 0 Å². The zero-order valence-electron chi connectivity index (χ0n) is 11.3. The smallest absolute Gasteiger partial charge is 0.0154 e. The highest BCUT2D eigenvalue weighted by molar-refractivity contribution is 8.07. The fourth-order valence-electron chi connectivity index (χ4n) is 1.87. The maximum absolute atomic E-state index is 2.33. The van der Waals surface area contributed by atoms with Crippen LogP contribution in [0.3, 0.4) is 0 Å². The molecule has 0 aromatic rings. The van der Waals surface area contributed by atoms with E-state index in [-0.39, 0.29) is 0 Å². The molecule has 1 heterocycles. The summed E-state index contributed by atoms with van der Waals surface area (Å²) in [4.78, 5) is 2.81. The van der Waals surface area contributed by atoms with Crippen molar-refractivity contribution >= 4 is 11.8 Å². The average Bonchev–Trinajstić information content (AvgIpc) is 2.38. The minimum atomic E-state index is 1.05. The molecule has 0 fully saturated rings. The van der Waals surface area contributed by atoms with Crippen molar-refractivity contribution in [3.63, 3.8) is 0 Å². The molecule has 0 aromatic carbocycles. The van der Waals surface area contributed by atoms with Crippen molar-refractivity contribution in [3.05, 3.63) is 57.4 Å². The summed E-state index contributed by atoms with van der Waals surface area (Å²) in [6.07, 6.45) is 15.5. The summed E-state index contributed by atoms with van der Waals surface area (Å²) in [5.74, 6) is 0. The predicted molar refractivity (Wildman–Crippen MR) is 81.0 cm³/mol. The van der Waals surface area contributed by atoms with E-state index in [1.54, 1.807) is 0 Å². The lowest BCUT2D eigenvalue weighted by Crippen LogP contribution is -1.92. The molecule has 0 radical (unpaired) electrons. The van der Waals surface area contributed by atoms with Crippen LogP contribution >= 0.6 is 11.8 Å². The van der Waals surface area contributed by atoms with Gasteiger partial charge in [0, 0.05) is 9.81 Å². The molecule has 0 saturated carbocycles. The van der Waals surface area contributed by atoms with Crippen molar-refractivity contribution in [1.82, 2.24) is 0 Å². The Morgan fingerprint density at radius 2 is 1.88 bits per heavy atom. The molecule has 0 spiro atoms. The van der Waals surface area contributed by atoms with E-state index in [0.717, 1.165) is 12.8 Å². The van der Waals surface area contributed by atoms with Crippen LogP contribution < -0.4 is 0 Å².